The van der Waals surface area contributed by atoms with E-state index >= 15 is 0 Å². The highest BCUT2D eigenvalue weighted by atomic mass is 35.5. The van der Waals surface area contributed by atoms with Crippen LogP contribution in [0.2, 0.25) is 5.02 Å². The Hall–Kier alpha value is -2.71. The summed E-state index contributed by atoms with van der Waals surface area (Å²) >= 11 is 7.81. The predicted octanol–water partition coefficient (Wildman–Crippen LogP) is 8.81. The first-order valence-electron chi connectivity index (χ1n) is 16.9. The van der Waals surface area contributed by atoms with Crippen LogP contribution < -0.4 is 0 Å². The van der Waals surface area contributed by atoms with Gasteiger partial charge in [-0.05, 0) is 130 Å². The van der Waals surface area contributed by atoms with Crippen LogP contribution in [0.3, 0.4) is 0 Å². The van der Waals surface area contributed by atoms with Crippen molar-refractivity contribution in [3.8, 4) is 0 Å². The summed E-state index contributed by atoms with van der Waals surface area (Å²) in [6.07, 6.45) is 5.91. The number of likely N-dealkylation sites (tertiary alicyclic amines) is 2. The lowest BCUT2D eigenvalue weighted by Gasteiger charge is -2.31. The van der Waals surface area contributed by atoms with Crippen molar-refractivity contribution >= 4 is 34.9 Å². The quantitative estimate of drug-likeness (QED) is 0.241. The fourth-order valence-corrected chi connectivity index (χ4v) is 7.54. The van der Waals surface area contributed by atoms with E-state index in [1.165, 1.54) is 46.7 Å². The molecule has 0 bridgehead atoms. The number of carbonyl (C=O) groups is 2. The van der Waals surface area contributed by atoms with Crippen molar-refractivity contribution in [2.45, 2.75) is 71.8 Å². The summed E-state index contributed by atoms with van der Waals surface area (Å²) in [4.78, 5) is 30.2. The lowest BCUT2D eigenvalue weighted by molar-refractivity contribution is -0.133. The minimum atomic E-state index is -0.459. The minimum Gasteiger partial charge on any atom is -0.447 e. The van der Waals surface area contributed by atoms with Crippen molar-refractivity contribution in [2.75, 3.05) is 46.4 Å². The normalized spacial score (nSPS) is 19.5. The number of aryl methyl sites for hydroxylation is 2. The minimum absolute atomic E-state index is 0.0148. The van der Waals surface area contributed by atoms with Crippen LogP contribution in [-0.2, 0) is 16.1 Å². The molecule has 2 amide bonds. The molecule has 1 aromatic heterocycles. The number of halogens is 1. The number of piperidine rings is 1. The number of imide groups is 1. The molecule has 3 aliphatic rings. The number of cyclic esters (lactones) is 1. The van der Waals surface area contributed by atoms with Crippen LogP contribution in [0, 0.1) is 25.7 Å². The fourth-order valence-electron chi connectivity index (χ4n) is 6.57. The van der Waals surface area contributed by atoms with Gasteiger partial charge in [0.1, 0.15) is 6.61 Å². The van der Waals surface area contributed by atoms with Crippen LogP contribution in [0.25, 0.3) is 0 Å². The number of carbonyl (C=O) groups excluding carboxylic acids is 2. The summed E-state index contributed by atoms with van der Waals surface area (Å²) in [6.45, 7) is 12.7. The second-order valence-electron chi connectivity index (χ2n) is 13.1. The molecule has 2 aromatic carbocycles. The molecular weight excluding hydrogens is 614 g/mol. The molecule has 0 spiro atoms. The third kappa shape index (κ3) is 11.2. The van der Waals surface area contributed by atoms with Gasteiger partial charge in [-0.3, -0.25) is 9.69 Å². The molecule has 2 unspecified atom stereocenters. The summed E-state index contributed by atoms with van der Waals surface area (Å²) in [5.74, 6) is 1.30. The number of thiophene rings is 1. The first-order valence-corrected chi connectivity index (χ1v) is 18.2. The van der Waals surface area contributed by atoms with Crippen LogP contribution in [0.15, 0.2) is 65.4 Å². The van der Waals surface area contributed by atoms with Gasteiger partial charge in [0.15, 0.2) is 0 Å². The van der Waals surface area contributed by atoms with Gasteiger partial charge in [0.2, 0.25) is 5.91 Å². The molecule has 8 heteroatoms. The van der Waals surface area contributed by atoms with Crippen molar-refractivity contribution < 1.29 is 14.3 Å². The van der Waals surface area contributed by atoms with Crippen molar-refractivity contribution in [1.29, 1.82) is 0 Å². The van der Waals surface area contributed by atoms with Gasteiger partial charge in [-0.15, -0.1) is 0 Å². The zero-order valence-corrected chi connectivity index (χ0v) is 29.7. The number of rotatable bonds is 8. The van der Waals surface area contributed by atoms with Crippen LogP contribution in [0.1, 0.15) is 73.6 Å². The molecule has 3 saturated heterocycles. The van der Waals surface area contributed by atoms with Gasteiger partial charge in [0.05, 0.1) is 6.54 Å². The molecule has 0 N–H and O–H groups in total. The van der Waals surface area contributed by atoms with E-state index in [2.05, 4.69) is 78.7 Å². The molecule has 0 radical (unpaired) electrons. The summed E-state index contributed by atoms with van der Waals surface area (Å²) in [6, 6.07) is 18.7. The number of ether oxygens (including phenoxy) is 1. The van der Waals surface area contributed by atoms with E-state index in [0.717, 1.165) is 62.7 Å². The van der Waals surface area contributed by atoms with Gasteiger partial charge in [-0.25, -0.2) is 9.69 Å². The van der Waals surface area contributed by atoms with Gasteiger partial charge < -0.3 is 9.64 Å². The molecule has 3 aromatic rings. The molecule has 6 nitrogen and oxygen atoms in total. The average Bonchev–Trinajstić information content (AvgIpc) is 3.83. The Morgan fingerprint density at radius 2 is 1.78 bits per heavy atom. The van der Waals surface area contributed by atoms with Crippen molar-refractivity contribution in [2.24, 2.45) is 11.8 Å². The van der Waals surface area contributed by atoms with Gasteiger partial charge in [-0.2, -0.15) is 11.3 Å². The smallest absolute Gasteiger partial charge is 0.416 e. The zero-order chi connectivity index (χ0) is 32.9. The highest BCUT2D eigenvalue weighted by Crippen LogP contribution is 2.30. The number of benzene rings is 2. The van der Waals surface area contributed by atoms with Crippen molar-refractivity contribution in [1.82, 2.24) is 14.7 Å². The largest absolute Gasteiger partial charge is 0.447 e. The van der Waals surface area contributed by atoms with E-state index in [4.69, 9.17) is 16.3 Å². The Bertz CT molecular complexity index is 1340. The molecule has 250 valence electrons. The summed E-state index contributed by atoms with van der Waals surface area (Å²) < 4.78 is 4.88. The Morgan fingerprint density at radius 3 is 2.37 bits per heavy atom. The Kier molecular flexibility index (Phi) is 14.6. The van der Waals surface area contributed by atoms with Crippen LogP contribution in [0.5, 0.6) is 0 Å². The maximum absolute atomic E-state index is 12.5. The van der Waals surface area contributed by atoms with Crippen molar-refractivity contribution in [3.63, 3.8) is 0 Å². The first kappa shape index (κ1) is 36.1. The number of hydrogen-bond donors (Lipinski definition) is 0. The second kappa shape index (κ2) is 18.6. The molecule has 0 aliphatic carbocycles. The maximum Gasteiger partial charge on any atom is 0.416 e. The molecule has 0 saturated carbocycles. The lowest BCUT2D eigenvalue weighted by Crippen LogP contribution is -2.38. The average molecular weight is 666 g/mol. The topological polar surface area (TPSA) is 53.1 Å². The number of nitrogens with zero attached hydrogens (tertiary/aromatic N) is 3. The molecule has 4 heterocycles. The zero-order valence-electron chi connectivity index (χ0n) is 28.1. The van der Waals surface area contributed by atoms with Gasteiger partial charge in [-0.1, -0.05) is 66.9 Å². The summed E-state index contributed by atoms with van der Waals surface area (Å²) in [5.41, 5.74) is 5.53. The monoisotopic (exact) mass is 665 g/mol. The summed E-state index contributed by atoms with van der Waals surface area (Å²) in [5, 5.41) is 5.31. The molecule has 6 rings (SSSR count). The number of amides is 2. The maximum atomic E-state index is 12.5. The van der Waals surface area contributed by atoms with Crippen LogP contribution in [0.4, 0.5) is 4.79 Å². The number of hydrogen-bond acceptors (Lipinski definition) is 6. The Balaban J connectivity index is 0.000000173. The van der Waals surface area contributed by atoms with Gasteiger partial charge in [0, 0.05) is 24.0 Å². The molecule has 3 fully saturated rings. The molecule has 2 atom stereocenters. The Morgan fingerprint density at radius 1 is 1.02 bits per heavy atom. The molecule has 3 aliphatic heterocycles. The lowest BCUT2D eigenvalue weighted by atomic mass is 9.84. The second-order valence-corrected chi connectivity index (χ2v) is 14.3. The highest BCUT2D eigenvalue weighted by molar-refractivity contribution is 7.08. The van der Waals surface area contributed by atoms with Crippen LogP contribution in [-0.4, -0.2) is 73.1 Å². The third-order valence-corrected chi connectivity index (χ3v) is 10.3. The van der Waals surface area contributed by atoms with E-state index in [0.29, 0.717) is 19.1 Å². The summed E-state index contributed by atoms with van der Waals surface area (Å²) in [7, 11) is 2.14. The van der Waals surface area contributed by atoms with Crippen molar-refractivity contribution in [3.05, 3.63) is 92.6 Å². The van der Waals surface area contributed by atoms with Gasteiger partial charge in [0.25, 0.3) is 0 Å². The third-order valence-electron chi connectivity index (χ3n) is 9.40. The molecule has 46 heavy (non-hydrogen) atoms. The SMILES string of the molecule is CCCC(CC1CCN(C)CC1)C(=O)N1CCOC1=O.Cc1cc(Cl)ccc1CN1CCC(c2ccsc2)C1.Cc1ccccc1. The highest BCUT2D eigenvalue weighted by Gasteiger charge is 2.34. The van der Waals surface area contributed by atoms with Crippen LogP contribution >= 0.6 is 22.9 Å². The van der Waals surface area contributed by atoms with E-state index in [9.17, 15) is 9.59 Å². The standard InChI is InChI=1S/C16H18ClNS.C15H26N2O3.C7H8/c1-12-8-16(17)3-2-13(12)9-18-6-4-14(10-18)15-5-7-19-11-15;1-3-4-13(11-12-5-7-16(2)8-6-12)14(18)17-9-10-20-15(17)19;1-7-5-3-2-4-6-7/h2-3,5,7-8,11,14H,4,6,9-10H2,1H3;12-13H,3-11H2,1-2H3;2-6H,1H3. The molecular formula is C38H52ClN3O3S. The van der Waals surface area contributed by atoms with E-state index in [-0.39, 0.29) is 11.8 Å². The van der Waals surface area contributed by atoms with E-state index < -0.39 is 6.09 Å². The predicted molar refractivity (Wildman–Crippen MR) is 191 cm³/mol. The fraction of sp³-hybridized carbons (Fsp3) is 0.526. The van der Waals surface area contributed by atoms with E-state index in [1.807, 2.05) is 24.3 Å². The first-order chi connectivity index (χ1) is 22.2. The van der Waals surface area contributed by atoms with E-state index in [1.54, 1.807) is 11.3 Å². The Labute approximate surface area is 285 Å². The van der Waals surface area contributed by atoms with Gasteiger partial charge >= 0.3 is 6.09 Å².